The maximum absolute atomic E-state index is 12.1. The van der Waals surface area contributed by atoms with E-state index < -0.39 is 5.97 Å². The molecule has 0 bridgehead atoms. The molecule has 0 aliphatic carbocycles. The Hall–Kier alpha value is -2.24. The van der Waals surface area contributed by atoms with E-state index in [2.05, 4.69) is 5.32 Å². The predicted molar refractivity (Wildman–Crippen MR) is 87.3 cm³/mol. The Morgan fingerprint density at radius 3 is 2.59 bits per heavy atom. The highest BCUT2D eigenvalue weighted by molar-refractivity contribution is 8.04. The van der Waals surface area contributed by atoms with Gasteiger partial charge in [-0.2, -0.15) is 0 Å². The molecule has 0 saturated carbocycles. The molecule has 0 unspecified atom stereocenters. The van der Waals surface area contributed by atoms with Gasteiger partial charge < -0.3 is 10.4 Å². The number of hydrogen-bond acceptors (Lipinski definition) is 3. The summed E-state index contributed by atoms with van der Waals surface area (Å²) in [5.74, 6) is -1.28. The van der Waals surface area contributed by atoms with E-state index in [1.807, 2.05) is 12.1 Å². The molecule has 1 heterocycles. The van der Waals surface area contributed by atoms with Crippen molar-refractivity contribution in [1.29, 1.82) is 0 Å². The van der Waals surface area contributed by atoms with Crippen LogP contribution in [0.5, 0.6) is 0 Å². The van der Waals surface area contributed by atoms with Crippen LogP contribution in [-0.2, 0) is 4.79 Å². The van der Waals surface area contributed by atoms with Gasteiger partial charge in [0.2, 0.25) is 0 Å². The lowest BCUT2D eigenvalue weighted by molar-refractivity contribution is -0.112. The minimum Gasteiger partial charge on any atom is -0.478 e. The second kappa shape index (κ2) is 5.87. The Balaban J connectivity index is 1.93. The average molecular weight is 332 g/mol. The molecule has 1 aliphatic heterocycles. The number of carbonyl (C=O) groups is 2. The van der Waals surface area contributed by atoms with Gasteiger partial charge in [-0.05, 0) is 42.0 Å². The molecule has 2 N–H and O–H groups in total. The minimum absolute atomic E-state index is 0.143. The molecule has 0 fully saturated rings. The molecule has 0 atom stereocenters. The zero-order chi connectivity index (χ0) is 15.7. The van der Waals surface area contributed by atoms with Crippen molar-refractivity contribution in [3.8, 4) is 0 Å². The van der Waals surface area contributed by atoms with Crippen LogP contribution in [0, 0.1) is 0 Å². The van der Waals surface area contributed by atoms with E-state index in [1.165, 1.54) is 23.9 Å². The van der Waals surface area contributed by atoms with Crippen LogP contribution in [0.4, 0.5) is 5.69 Å². The summed E-state index contributed by atoms with van der Waals surface area (Å²) in [7, 11) is 0. The largest absolute Gasteiger partial charge is 0.478 e. The van der Waals surface area contributed by atoms with Crippen LogP contribution < -0.4 is 5.32 Å². The van der Waals surface area contributed by atoms with Gasteiger partial charge in [0.05, 0.1) is 16.2 Å². The third-order valence-corrected chi connectivity index (χ3v) is 4.44. The lowest BCUT2D eigenvalue weighted by Gasteiger charge is -2.19. The summed E-state index contributed by atoms with van der Waals surface area (Å²) in [6, 6.07) is 11.8. The summed E-state index contributed by atoms with van der Waals surface area (Å²) in [6.45, 7) is 0. The Morgan fingerprint density at radius 1 is 1.18 bits per heavy atom. The highest BCUT2D eigenvalue weighted by Gasteiger charge is 2.22. The summed E-state index contributed by atoms with van der Waals surface area (Å²) in [6.07, 6.45) is 1.77. The first-order chi connectivity index (χ1) is 10.5. The van der Waals surface area contributed by atoms with Crippen LogP contribution in [0.15, 0.2) is 52.3 Å². The van der Waals surface area contributed by atoms with Gasteiger partial charge in [-0.3, -0.25) is 4.79 Å². The summed E-state index contributed by atoms with van der Waals surface area (Å²) >= 11 is 7.14. The van der Waals surface area contributed by atoms with Crippen molar-refractivity contribution in [2.24, 2.45) is 0 Å². The van der Waals surface area contributed by atoms with Gasteiger partial charge >= 0.3 is 5.97 Å². The van der Waals surface area contributed by atoms with Crippen molar-refractivity contribution in [3.05, 3.63) is 63.5 Å². The molecule has 2 aromatic rings. The van der Waals surface area contributed by atoms with Crippen LogP contribution in [0.3, 0.4) is 0 Å². The van der Waals surface area contributed by atoms with Crippen LogP contribution >= 0.6 is 23.4 Å². The molecular weight excluding hydrogens is 322 g/mol. The second-order valence-electron chi connectivity index (χ2n) is 4.63. The topological polar surface area (TPSA) is 66.4 Å². The number of anilines is 1. The number of carboxylic acids is 1. The van der Waals surface area contributed by atoms with Gasteiger partial charge in [-0.15, -0.1) is 0 Å². The van der Waals surface area contributed by atoms with Crippen molar-refractivity contribution in [2.45, 2.75) is 4.90 Å². The number of fused-ring (bicyclic) bond motifs is 1. The number of nitrogens with one attached hydrogen (secondary N) is 1. The number of thioether (sulfide) groups is 1. The summed E-state index contributed by atoms with van der Waals surface area (Å²) in [5.41, 5.74) is 1.53. The van der Waals surface area contributed by atoms with Crippen LogP contribution in [0.2, 0.25) is 5.02 Å². The number of benzene rings is 2. The average Bonchev–Trinajstić information content (AvgIpc) is 2.49. The van der Waals surface area contributed by atoms with E-state index in [0.29, 0.717) is 15.6 Å². The summed E-state index contributed by atoms with van der Waals surface area (Å²) in [4.78, 5) is 24.4. The maximum atomic E-state index is 12.1. The normalized spacial score (nSPS) is 15.3. The molecular formula is C16H10ClNO3S. The molecule has 6 heteroatoms. The fourth-order valence-electron chi connectivity index (χ4n) is 2.00. The Bertz CT molecular complexity index is 800. The molecule has 3 rings (SSSR count). The minimum atomic E-state index is -1.02. The molecule has 2 aromatic carbocycles. The number of carboxylic acid groups (broad SMARTS) is 1. The van der Waals surface area contributed by atoms with E-state index in [4.69, 9.17) is 16.7 Å². The quantitative estimate of drug-likeness (QED) is 0.812. The number of carbonyl (C=O) groups excluding carboxylic acids is 1. The van der Waals surface area contributed by atoms with Gasteiger partial charge in [0.25, 0.3) is 5.91 Å². The fourth-order valence-corrected chi connectivity index (χ4v) is 3.06. The zero-order valence-electron chi connectivity index (χ0n) is 11.2. The molecule has 0 spiro atoms. The van der Waals surface area contributed by atoms with Crippen molar-refractivity contribution in [1.82, 2.24) is 0 Å². The zero-order valence-corrected chi connectivity index (χ0v) is 12.7. The highest BCUT2D eigenvalue weighted by atomic mass is 35.5. The fraction of sp³-hybridized carbons (Fsp3) is 0. The van der Waals surface area contributed by atoms with Crippen LogP contribution in [0.1, 0.15) is 15.9 Å². The standard InChI is InChI=1S/C16H10ClNO3S/c17-11-4-1-9(2-5-11)7-14-15(19)18-12-8-10(16(20)21)3-6-13(12)22-14/h1-8H,(H,18,19)(H,20,21)/b14-7+. The molecule has 0 aromatic heterocycles. The SMILES string of the molecule is O=C1Nc2cc(C(=O)O)ccc2S/C1=C/c1ccc(Cl)cc1. The number of halogens is 1. The highest BCUT2D eigenvalue weighted by Crippen LogP contribution is 2.39. The number of rotatable bonds is 2. The Kier molecular flexibility index (Phi) is 3.92. The maximum Gasteiger partial charge on any atom is 0.335 e. The molecule has 110 valence electrons. The number of amides is 1. The first-order valence-corrected chi connectivity index (χ1v) is 7.56. The smallest absolute Gasteiger partial charge is 0.335 e. The van der Waals surface area contributed by atoms with Gasteiger partial charge in [-0.1, -0.05) is 35.5 Å². The van der Waals surface area contributed by atoms with Crippen LogP contribution in [-0.4, -0.2) is 17.0 Å². The van der Waals surface area contributed by atoms with Gasteiger partial charge in [-0.25, -0.2) is 4.79 Å². The van der Waals surface area contributed by atoms with E-state index in [1.54, 1.807) is 24.3 Å². The number of hydrogen-bond donors (Lipinski definition) is 2. The van der Waals surface area contributed by atoms with E-state index in [0.717, 1.165) is 10.5 Å². The molecule has 0 saturated heterocycles. The predicted octanol–water partition coefficient (Wildman–Crippen LogP) is 4.12. The van der Waals surface area contributed by atoms with Crippen molar-refractivity contribution in [2.75, 3.05) is 5.32 Å². The van der Waals surface area contributed by atoms with Crippen molar-refractivity contribution < 1.29 is 14.7 Å². The van der Waals surface area contributed by atoms with Gasteiger partial charge in [0.1, 0.15) is 0 Å². The van der Waals surface area contributed by atoms with E-state index >= 15 is 0 Å². The number of aromatic carboxylic acids is 1. The molecule has 4 nitrogen and oxygen atoms in total. The first kappa shape index (κ1) is 14.7. The van der Waals surface area contributed by atoms with Crippen LogP contribution in [0.25, 0.3) is 6.08 Å². The monoisotopic (exact) mass is 331 g/mol. The van der Waals surface area contributed by atoms with E-state index in [9.17, 15) is 9.59 Å². The molecule has 1 amide bonds. The summed E-state index contributed by atoms with van der Waals surface area (Å²) < 4.78 is 0. The lowest BCUT2D eigenvalue weighted by atomic mass is 10.2. The van der Waals surface area contributed by atoms with E-state index in [-0.39, 0.29) is 11.5 Å². The summed E-state index contributed by atoms with van der Waals surface area (Å²) in [5, 5.41) is 12.3. The Labute approximate surface area is 135 Å². The Morgan fingerprint density at radius 2 is 1.91 bits per heavy atom. The molecule has 0 radical (unpaired) electrons. The van der Waals surface area contributed by atoms with Crippen molar-refractivity contribution >= 4 is 47.0 Å². The third kappa shape index (κ3) is 3.00. The van der Waals surface area contributed by atoms with Gasteiger partial charge in [0.15, 0.2) is 0 Å². The third-order valence-electron chi connectivity index (χ3n) is 3.09. The second-order valence-corrected chi connectivity index (χ2v) is 6.15. The van der Waals surface area contributed by atoms with Gasteiger partial charge in [0, 0.05) is 9.92 Å². The first-order valence-electron chi connectivity index (χ1n) is 6.37. The lowest BCUT2D eigenvalue weighted by Crippen LogP contribution is -2.17. The molecule has 1 aliphatic rings. The van der Waals surface area contributed by atoms with Crippen molar-refractivity contribution in [3.63, 3.8) is 0 Å². The molecule has 22 heavy (non-hydrogen) atoms.